The number of rotatable bonds is 6. The zero-order chi connectivity index (χ0) is 21.7. The summed E-state index contributed by atoms with van der Waals surface area (Å²) in [5.74, 6) is -1.61. The number of hydrogen-bond acceptors (Lipinski definition) is 7. The minimum Gasteiger partial charge on any atom is -0.443 e. The molecule has 3 rings (SSSR count). The maximum absolute atomic E-state index is 12.6. The number of ether oxygens (including phenoxy) is 1. The van der Waals surface area contributed by atoms with E-state index in [2.05, 4.69) is 19.6 Å². The third kappa shape index (κ3) is 5.11. The van der Waals surface area contributed by atoms with Crippen LogP contribution in [0.2, 0.25) is 0 Å². The number of aryl methyl sites for hydroxylation is 1. The van der Waals surface area contributed by atoms with Gasteiger partial charge in [-0.3, -0.25) is 9.82 Å². The number of pyridine rings is 1. The Labute approximate surface area is 169 Å². The van der Waals surface area contributed by atoms with Crippen molar-refractivity contribution in [2.75, 3.05) is 7.11 Å². The third-order valence-corrected chi connectivity index (χ3v) is 4.10. The number of benzene rings is 1. The van der Waals surface area contributed by atoms with E-state index in [0.29, 0.717) is 11.1 Å². The van der Waals surface area contributed by atoms with Crippen LogP contribution in [0.15, 0.2) is 47.1 Å². The van der Waals surface area contributed by atoms with E-state index in [0.717, 1.165) is 16.3 Å². The summed E-state index contributed by atoms with van der Waals surface area (Å²) in [5.41, 5.74) is 2.50. The molecule has 0 atom stereocenters. The van der Waals surface area contributed by atoms with Gasteiger partial charge in [-0.2, -0.15) is 23.2 Å². The van der Waals surface area contributed by atoms with Crippen LogP contribution in [0, 0.1) is 6.92 Å². The topological polar surface area (TPSA) is 90.6 Å². The van der Waals surface area contributed by atoms with Crippen LogP contribution < -0.4 is 0 Å². The molecule has 2 heterocycles. The van der Waals surface area contributed by atoms with Gasteiger partial charge in [0, 0.05) is 23.0 Å². The molecule has 3 aromatic rings. The van der Waals surface area contributed by atoms with Gasteiger partial charge in [-0.15, -0.1) is 0 Å². The molecule has 30 heavy (non-hydrogen) atoms. The summed E-state index contributed by atoms with van der Waals surface area (Å²) >= 11 is 0. The number of nitrogens with zero attached hydrogens (tertiary/aromatic N) is 4. The highest BCUT2D eigenvalue weighted by Gasteiger charge is 2.38. The molecule has 1 amide bonds. The monoisotopic (exact) mass is 422 g/mol. The van der Waals surface area contributed by atoms with E-state index in [-0.39, 0.29) is 19.0 Å². The second-order valence-electron chi connectivity index (χ2n) is 6.14. The summed E-state index contributed by atoms with van der Waals surface area (Å²) in [4.78, 5) is 24.8. The fraction of sp³-hybridized carbons (Fsp3) is 0.263. The second kappa shape index (κ2) is 8.91. The zero-order valence-electron chi connectivity index (χ0n) is 16.0. The molecule has 0 bridgehead atoms. The molecule has 0 saturated heterocycles. The van der Waals surface area contributed by atoms with Crippen molar-refractivity contribution in [3.05, 3.63) is 65.3 Å². The highest BCUT2D eigenvalue weighted by atomic mass is 19.4. The average molecular weight is 422 g/mol. The van der Waals surface area contributed by atoms with Gasteiger partial charge in [0.25, 0.3) is 0 Å². The standard InChI is InChI=1S/C19H17F3N4O4/c1-12-15(4-3-9-23-12)11-29-18(27)26(28-2)10-13-5-7-14(8-6-13)16-24-17(30-25-16)19(20,21)22/h3-9H,10-11H2,1-2H3. The molecule has 0 aliphatic heterocycles. The predicted octanol–water partition coefficient (Wildman–Crippen LogP) is 4.16. The SMILES string of the molecule is CON(Cc1ccc(-c2noc(C(F)(F)F)n2)cc1)C(=O)OCc1cccnc1C. The summed E-state index contributed by atoms with van der Waals surface area (Å²) in [6.45, 7) is 1.90. The molecule has 8 nitrogen and oxygen atoms in total. The second-order valence-corrected chi connectivity index (χ2v) is 6.14. The lowest BCUT2D eigenvalue weighted by Gasteiger charge is -2.19. The molecule has 0 radical (unpaired) electrons. The lowest BCUT2D eigenvalue weighted by molar-refractivity contribution is -0.159. The van der Waals surface area contributed by atoms with Gasteiger partial charge in [0.2, 0.25) is 5.82 Å². The largest absolute Gasteiger partial charge is 0.471 e. The number of aromatic nitrogens is 3. The molecule has 0 saturated carbocycles. The van der Waals surface area contributed by atoms with Crippen LogP contribution in [0.1, 0.15) is 22.7 Å². The molecule has 11 heteroatoms. The molecule has 158 valence electrons. The van der Waals surface area contributed by atoms with Crippen LogP contribution in [0.5, 0.6) is 0 Å². The molecule has 0 spiro atoms. The van der Waals surface area contributed by atoms with E-state index in [1.807, 2.05) is 0 Å². The van der Waals surface area contributed by atoms with E-state index < -0.39 is 18.2 Å². The van der Waals surface area contributed by atoms with Crippen LogP contribution in [-0.4, -0.2) is 33.4 Å². The Bertz CT molecular complexity index is 1010. The number of halogens is 3. The number of amides is 1. The number of hydrogen-bond donors (Lipinski definition) is 0. The third-order valence-electron chi connectivity index (χ3n) is 4.10. The summed E-state index contributed by atoms with van der Waals surface area (Å²) in [6, 6.07) is 9.77. The summed E-state index contributed by atoms with van der Waals surface area (Å²) in [6.07, 6.45) is -3.76. The molecular formula is C19H17F3N4O4. The van der Waals surface area contributed by atoms with Gasteiger partial charge in [-0.1, -0.05) is 35.5 Å². The van der Waals surface area contributed by atoms with Crippen LogP contribution in [0.25, 0.3) is 11.4 Å². The summed E-state index contributed by atoms with van der Waals surface area (Å²) in [7, 11) is 1.32. The quantitative estimate of drug-likeness (QED) is 0.551. The normalized spacial score (nSPS) is 11.4. The van der Waals surface area contributed by atoms with Gasteiger partial charge >= 0.3 is 18.2 Å². The van der Waals surface area contributed by atoms with Gasteiger partial charge < -0.3 is 9.26 Å². The number of carbonyl (C=O) groups is 1. The van der Waals surface area contributed by atoms with Crippen molar-refractivity contribution in [2.24, 2.45) is 0 Å². The molecule has 0 unspecified atom stereocenters. The van der Waals surface area contributed by atoms with Crippen molar-refractivity contribution < 1.29 is 32.1 Å². The molecule has 0 fully saturated rings. The Morgan fingerprint density at radius 3 is 2.53 bits per heavy atom. The first-order chi connectivity index (χ1) is 14.3. The smallest absolute Gasteiger partial charge is 0.443 e. The van der Waals surface area contributed by atoms with E-state index in [1.165, 1.54) is 19.2 Å². The lowest BCUT2D eigenvalue weighted by atomic mass is 10.1. The van der Waals surface area contributed by atoms with E-state index in [4.69, 9.17) is 9.57 Å². The van der Waals surface area contributed by atoms with Crippen molar-refractivity contribution in [1.29, 1.82) is 0 Å². The van der Waals surface area contributed by atoms with Crippen LogP contribution >= 0.6 is 0 Å². The molecule has 0 aliphatic rings. The molecular weight excluding hydrogens is 405 g/mol. The first kappa shape index (κ1) is 21.2. The van der Waals surface area contributed by atoms with E-state index in [1.54, 1.807) is 37.4 Å². The first-order valence-electron chi connectivity index (χ1n) is 8.67. The maximum atomic E-state index is 12.6. The highest BCUT2D eigenvalue weighted by molar-refractivity contribution is 5.66. The molecule has 0 N–H and O–H groups in total. The predicted molar refractivity (Wildman–Crippen MR) is 96.4 cm³/mol. The van der Waals surface area contributed by atoms with Crippen LogP contribution in [-0.2, 0) is 28.9 Å². The maximum Gasteiger partial charge on any atom is 0.471 e. The Kier molecular flexibility index (Phi) is 6.31. The molecule has 1 aromatic carbocycles. The molecule has 0 aliphatic carbocycles. The minimum atomic E-state index is -4.71. The lowest BCUT2D eigenvalue weighted by Crippen LogP contribution is -2.30. The van der Waals surface area contributed by atoms with E-state index >= 15 is 0 Å². The van der Waals surface area contributed by atoms with Gasteiger partial charge in [-0.05, 0) is 18.6 Å². The van der Waals surface area contributed by atoms with Crippen molar-refractivity contribution in [3.8, 4) is 11.4 Å². The highest BCUT2D eigenvalue weighted by Crippen LogP contribution is 2.29. The minimum absolute atomic E-state index is 0.0384. The van der Waals surface area contributed by atoms with Crippen molar-refractivity contribution >= 4 is 6.09 Å². The number of carbonyl (C=O) groups excluding carboxylic acids is 1. The fourth-order valence-corrected chi connectivity index (χ4v) is 2.47. The van der Waals surface area contributed by atoms with Crippen molar-refractivity contribution in [1.82, 2.24) is 20.2 Å². The number of hydroxylamine groups is 2. The van der Waals surface area contributed by atoms with Crippen LogP contribution in [0.4, 0.5) is 18.0 Å². The van der Waals surface area contributed by atoms with E-state index in [9.17, 15) is 18.0 Å². The summed E-state index contributed by atoms with van der Waals surface area (Å²) < 4.78 is 47.2. The Balaban J connectivity index is 1.62. The fourth-order valence-electron chi connectivity index (χ4n) is 2.47. The average Bonchev–Trinajstić information content (AvgIpc) is 3.22. The van der Waals surface area contributed by atoms with Gasteiger partial charge in [0.1, 0.15) is 6.61 Å². The van der Waals surface area contributed by atoms with Crippen molar-refractivity contribution in [2.45, 2.75) is 26.3 Å². The molecule has 2 aromatic heterocycles. The van der Waals surface area contributed by atoms with Gasteiger partial charge in [-0.25, -0.2) is 4.79 Å². The number of alkyl halides is 3. The zero-order valence-corrected chi connectivity index (χ0v) is 16.0. The summed E-state index contributed by atoms with van der Waals surface area (Å²) in [5, 5.41) is 4.34. The van der Waals surface area contributed by atoms with Crippen LogP contribution in [0.3, 0.4) is 0 Å². The van der Waals surface area contributed by atoms with Crippen molar-refractivity contribution in [3.63, 3.8) is 0 Å². The first-order valence-corrected chi connectivity index (χ1v) is 8.67. The van der Waals surface area contributed by atoms with Gasteiger partial charge in [0.15, 0.2) is 0 Å². The Morgan fingerprint density at radius 2 is 1.93 bits per heavy atom. The Hall–Kier alpha value is -3.47. The van der Waals surface area contributed by atoms with Gasteiger partial charge in [0.05, 0.1) is 13.7 Å². The Morgan fingerprint density at radius 1 is 1.20 bits per heavy atom.